The summed E-state index contributed by atoms with van der Waals surface area (Å²) in [6.07, 6.45) is 6.15. The number of nitrogens with zero attached hydrogens (tertiary/aromatic N) is 4. The largest absolute Gasteiger partial charge is 0.376 e. The maximum Gasteiger partial charge on any atom is 0.191 e. The molecular weight excluding hydrogens is 487 g/mol. The van der Waals surface area contributed by atoms with E-state index in [9.17, 15) is 0 Å². The molecule has 28 heavy (non-hydrogen) atoms. The van der Waals surface area contributed by atoms with Crippen molar-refractivity contribution in [3.05, 3.63) is 34.5 Å². The van der Waals surface area contributed by atoms with Crippen LogP contribution in [0.3, 0.4) is 0 Å². The first-order valence-corrected chi connectivity index (χ1v) is 10.7. The van der Waals surface area contributed by atoms with Gasteiger partial charge in [-0.15, -0.1) is 45.5 Å². The number of halogens is 1. The molecule has 2 aromatic heterocycles. The Morgan fingerprint density at radius 3 is 3.11 bits per heavy atom. The van der Waals surface area contributed by atoms with Crippen molar-refractivity contribution in [2.45, 2.75) is 58.2 Å². The van der Waals surface area contributed by atoms with E-state index in [0.717, 1.165) is 63.7 Å². The van der Waals surface area contributed by atoms with Crippen molar-refractivity contribution in [3.8, 4) is 0 Å². The van der Waals surface area contributed by atoms with Crippen LogP contribution in [0.2, 0.25) is 0 Å². The minimum absolute atomic E-state index is 0. The lowest BCUT2D eigenvalue weighted by Crippen LogP contribution is -2.47. The molecular formula is C19H31IN6OS. The lowest BCUT2D eigenvalue weighted by molar-refractivity contribution is 0.0890. The fourth-order valence-corrected chi connectivity index (χ4v) is 3.92. The van der Waals surface area contributed by atoms with Crippen LogP contribution in [0.1, 0.15) is 37.4 Å². The van der Waals surface area contributed by atoms with Gasteiger partial charge in [0.1, 0.15) is 12.2 Å². The summed E-state index contributed by atoms with van der Waals surface area (Å²) >= 11 is 1.78. The normalized spacial score (nSPS) is 17.9. The van der Waals surface area contributed by atoms with Crippen LogP contribution in [0.15, 0.2) is 28.8 Å². The second kappa shape index (κ2) is 12.4. The van der Waals surface area contributed by atoms with Gasteiger partial charge < -0.3 is 19.9 Å². The van der Waals surface area contributed by atoms with E-state index in [-0.39, 0.29) is 36.1 Å². The van der Waals surface area contributed by atoms with Crippen molar-refractivity contribution in [3.63, 3.8) is 0 Å². The second-order valence-corrected chi connectivity index (χ2v) is 7.80. The van der Waals surface area contributed by atoms with Crippen LogP contribution in [0.5, 0.6) is 0 Å². The van der Waals surface area contributed by atoms with E-state index in [0.29, 0.717) is 0 Å². The Balaban J connectivity index is 0.00000280. The van der Waals surface area contributed by atoms with Gasteiger partial charge in [-0.1, -0.05) is 13.0 Å². The quantitative estimate of drug-likeness (QED) is 0.304. The first-order chi connectivity index (χ1) is 13.3. The standard InChI is InChI=1S/C19H30N6OS.HI/c1-3-18-24-22-14-25(18)11-10-21-19(20-9-8-16-6-5-13-27-16)23-15(2)17-7-4-12-26-17;/h5-6,13-15,17H,3-4,7-12H2,1-2H3,(H2,20,21,23);1H. The number of rotatable bonds is 9. The molecule has 1 fully saturated rings. The van der Waals surface area contributed by atoms with E-state index in [4.69, 9.17) is 9.73 Å². The molecule has 2 aromatic rings. The van der Waals surface area contributed by atoms with Gasteiger partial charge in [-0.05, 0) is 31.2 Å². The topological polar surface area (TPSA) is 76.4 Å². The highest BCUT2D eigenvalue weighted by atomic mass is 127. The number of hydrogen-bond donors (Lipinski definition) is 2. The molecule has 0 aromatic carbocycles. The lowest BCUT2D eigenvalue weighted by atomic mass is 10.1. The summed E-state index contributed by atoms with van der Waals surface area (Å²) in [6, 6.07) is 4.49. The van der Waals surface area contributed by atoms with Crippen molar-refractivity contribution < 1.29 is 4.74 Å². The van der Waals surface area contributed by atoms with Crippen molar-refractivity contribution in [1.82, 2.24) is 25.4 Å². The number of hydrogen-bond acceptors (Lipinski definition) is 5. The summed E-state index contributed by atoms with van der Waals surface area (Å²) < 4.78 is 7.89. The number of aromatic nitrogens is 3. The monoisotopic (exact) mass is 518 g/mol. The molecule has 1 aliphatic rings. The van der Waals surface area contributed by atoms with Crippen LogP contribution >= 0.6 is 35.3 Å². The predicted molar refractivity (Wildman–Crippen MR) is 125 cm³/mol. The number of aryl methyl sites for hydroxylation is 1. The average Bonchev–Trinajstić information content (AvgIpc) is 3.43. The molecule has 3 heterocycles. The number of nitrogens with one attached hydrogen (secondary N) is 2. The zero-order valence-electron chi connectivity index (χ0n) is 16.6. The molecule has 0 aliphatic carbocycles. The molecule has 9 heteroatoms. The van der Waals surface area contributed by atoms with Crippen LogP contribution < -0.4 is 10.6 Å². The molecule has 0 saturated carbocycles. The number of ether oxygens (including phenoxy) is 1. The third-order valence-corrected chi connectivity index (χ3v) is 5.69. The first kappa shape index (κ1) is 23.1. The van der Waals surface area contributed by atoms with Crippen molar-refractivity contribution in [1.29, 1.82) is 0 Å². The van der Waals surface area contributed by atoms with E-state index < -0.39 is 0 Å². The van der Waals surface area contributed by atoms with Crippen molar-refractivity contribution in [2.75, 3.05) is 19.7 Å². The number of thiophene rings is 1. The highest BCUT2D eigenvalue weighted by molar-refractivity contribution is 14.0. The van der Waals surface area contributed by atoms with E-state index in [2.05, 4.69) is 56.8 Å². The van der Waals surface area contributed by atoms with Crippen molar-refractivity contribution in [2.24, 2.45) is 4.99 Å². The minimum Gasteiger partial charge on any atom is -0.376 e. The Hall–Kier alpha value is -1.20. The van der Waals surface area contributed by atoms with Crippen LogP contribution in [0.4, 0.5) is 0 Å². The lowest BCUT2D eigenvalue weighted by Gasteiger charge is -2.23. The molecule has 1 aliphatic heterocycles. The molecule has 0 radical (unpaired) electrons. The van der Waals surface area contributed by atoms with Crippen molar-refractivity contribution >= 4 is 41.3 Å². The molecule has 1 saturated heterocycles. The molecule has 2 atom stereocenters. The summed E-state index contributed by atoms with van der Waals surface area (Å²) in [5.74, 6) is 1.86. The maximum atomic E-state index is 5.81. The summed E-state index contributed by atoms with van der Waals surface area (Å²) in [5.41, 5.74) is 0. The molecule has 7 nitrogen and oxygen atoms in total. The van der Waals surface area contributed by atoms with E-state index >= 15 is 0 Å². The summed E-state index contributed by atoms with van der Waals surface area (Å²) in [7, 11) is 0. The van der Waals surface area contributed by atoms with Gasteiger partial charge in [-0.3, -0.25) is 4.99 Å². The molecule has 0 spiro atoms. The molecule has 2 N–H and O–H groups in total. The van der Waals surface area contributed by atoms with Gasteiger partial charge >= 0.3 is 0 Å². The maximum absolute atomic E-state index is 5.81. The minimum atomic E-state index is 0. The zero-order valence-corrected chi connectivity index (χ0v) is 19.8. The van der Waals surface area contributed by atoms with Gasteiger partial charge in [0, 0.05) is 44.0 Å². The van der Waals surface area contributed by atoms with Gasteiger partial charge in [-0.25, -0.2) is 0 Å². The van der Waals surface area contributed by atoms with Crippen LogP contribution in [0, 0.1) is 0 Å². The molecule has 0 amide bonds. The fourth-order valence-electron chi connectivity index (χ4n) is 3.23. The SMILES string of the molecule is CCc1nncn1CCNC(=NCCc1cccs1)NC(C)C1CCCO1.I. The average molecular weight is 518 g/mol. The Morgan fingerprint density at radius 1 is 1.50 bits per heavy atom. The van der Waals surface area contributed by atoms with Crippen LogP contribution in [-0.2, 0) is 24.1 Å². The van der Waals surface area contributed by atoms with Gasteiger partial charge in [0.15, 0.2) is 5.96 Å². The van der Waals surface area contributed by atoms with Gasteiger partial charge in [0.2, 0.25) is 0 Å². The third kappa shape index (κ3) is 7.00. The summed E-state index contributed by atoms with van der Waals surface area (Å²) in [6.45, 7) is 7.48. The highest BCUT2D eigenvalue weighted by Crippen LogP contribution is 2.15. The number of guanidine groups is 1. The summed E-state index contributed by atoms with van der Waals surface area (Å²) in [5, 5.41) is 17.2. The van der Waals surface area contributed by atoms with Gasteiger partial charge in [0.05, 0.1) is 12.1 Å². The third-order valence-electron chi connectivity index (χ3n) is 4.75. The van der Waals surface area contributed by atoms with E-state index in [1.54, 1.807) is 17.7 Å². The Morgan fingerprint density at radius 2 is 2.39 bits per heavy atom. The van der Waals surface area contributed by atoms with Gasteiger partial charge in [-0.2, -0.15) is 0 Å². The van der Waals surface area contributed by atoms with Crippen LogP contribution in [0.25, 0.3) is 0 Å². The van der Waals surface area contributed by atoms with E-state index in [1.807, 2.05) is 0 Å². The fraction of sp³-hybridized carbons (Fsp3) is 0.632. The summed E-state index contributed by atoms with van der Waals surface area (Å²) in [4.78, 5) is 6.14. The van der Waals surface area contributed by atoms with Gasteiger partial charge in [0.25, 0.3) is 0 Å². The molecule has 2 unspecified atom stereocenters. The molecule has 3 rings (SSSR count). The molecule has 156 valence electrons. The Labute approximate surface area is 188 Å². The predicted octanol–water partition coefficient (Wildman–Crippen LogP) is 2.87. The van der Waals surface area contributed by atoms with Crippen LogP contribution in [-0.4, -0.2) is 52.6 Å². The first-order valence-electron chi connectivity index (χ1n) is 9.81. The molecule has 0 bridgehead atoms. The Bertz CT molecular complexity index is 699. The van der Waals surface area contributed by atoms with E-state index in [1.165, 1.54) is 4.88 Å². The second-order valence-electron chi connectivity index (χ2n) is 6.77. The Kier molecular flexibility index (Phi) is 10.2. The number of aliphatic imine (C=N–C) groups is 1. The zero-order chi connectivity index (χ0) is 18.9. The highest BCUT2D eigenvalue weighted by Gasteiger charge is 2.23. The smallest absolute Gasteiger partial charge is 0.191 e.